The first-order chi connectivity index (χ1) is 5.00. The Balaban J connectivity index is 2.61. The molecule has 1 rings (SSSR count). The zero-order chi connectivity index (χ0) is 8.65. The van der Waals surface area contributed by atoms with Crippen LogP contribution >= 0.6 is 0 Å². The van der Waals surface area contributed by atoms with Gasteiger partial charge in [0, 0.05) is 5.92 Å². The molecule has 1 nitrogen and oxygen atoms in total. The van der Waals surface area contributed by atoms with Crippen molar-refractivity contribution >= 4 is 5.78 Å². The van der Waals surface area contributed by atoms with Crippen LogP contribution in [0.4, 0.5) is 0 Å². The van der Waals surface area contributed by atoms with Gasteiger partial charge >= 0.3 is 0 Å². The van der Waals surface area contributed by atoms with Crippen molar-refractivity contribution in [2.24, 2.45) is 17.3 Å². The van der Waals surface area contributed by atoms with Gasteiger partial charge < -0.3 is 0 Å². The summed E-state index contributed by atoms with van der Waals surface area (Å²) in [5.41, 5.74) is 0.278. The molecule has 0 spiro atoms. The molecule has 11 heavy (non-hydrogen) atoms. The standard InChI is InChI=1S/C10H18O/c1-5-8-6-9(7(2)11)10(8,3)4/h8-9H,5-6H2,1-4H3/t8-,9+/m1/s1. The Morgan fingerprint density at radius 2 is 2.09 bits per heavy atom. The van der Waals surface area contributed by atoms with Gasteiger partial charge in [-0.2, -0.15) is 0 Å². The largest absolute Gasteiger partial charge is 0.300 e. The van der Waals surface area contributed by atoms with Crippen LogP contribution in [-0.2, 0) is 4.79 Å². The summed E-state index contributed by atoms with van der Waals surface area (Å²) in [6.45, 7) is 8.37. The van der Waals surface area contributed by atoms with E-state index in [1.54, 1.807) is 6.92 Å². The molecule has 0 N–H and O–H groups in total. The van der Waals surface area contributed by atoms with E-state index in [4.69, 9.17) is 0 Å². The quantitative estimate of drug-likeness (QED) is 0.597. The molecule has 0 saturated heterocycles. The Morgan fingerprint density at radius 1 is 1.55 bits per heavy atom. The van der Waals surface area contributed by atoms with Crippen molar-refractivity contribution in [3.05, 3.63) is 0 Å². The average Bonchev–Trinajstić information content (AvgIpc) is 1.85. The molecule has 1 aliphatic carbocycles. The Kier molecular flexibility index (Phi) is 2.08. The van der Waals surface area contributed by atoms with Gasteiger partial charge in [0.05, 0.1) is 0 Å². The van der Waals surface area contributed by atoms with Crippen molar-refractivity contribution in [2.75, 3.05) is 0 Å². The van der Waals surface area contributed by atoms with Crippen LogP contribution in [0.3, 0.4) is 0 Å². The summed E-state index contributed by atoms with van der Waals surface area (Å²) >= 11 is 0. The maximum absolute atomic E-state index is 11.1. The zero-order valence-corrected chi connectivity index (χ0v) is 7.98. The van der Waals surface area contributed by atoms with E-state index in [2.05, 4.69) is 20.8 Å². The lowest BCUT2D eigenvalue weighted by molar-refractivity contribution is -0.136. The van der Waals surface area contributed by atoms with Gasteiger partial charge in [-0.1, -0.05) is 27.2 Å². The Labute approximate surface area is 69.2 Å². The molecule has 1 fully saturated rings. The molecule has 0 radical (unpaired) electrons. The zero-order valence-electron chi connectivity index (χ0n) is 7.98. The second-order valence-corrected chi connectivity index (χ2v) is 4.33. The van der Waals surface area contributed by atoms with Crippen molar-refractivity contribution in [1.82, 2.24) is 0 Å². The second kappa shape index (κ2) is 2.62. The third-order valence-electron chi connectivity index (χ3n) is 3.45. The molecule has 0 amide bonds. The van der Waals surface area contributed by atoms with Gasteiger partial charge in [-0.05, 0) is 24.7 Å². The highest BCUT2D eigenvalue weighted by molar-refractivity contribution is 5.80. The number of carbonyl (C=O) groups is 1. The van der Waals surface area contributed by atoms with Gasteiger partial charge in [0.1, 0.15) is 5.78 Å². The van der Waals surface area contributed by atoms with E-state index in [9.17, 15) is 4.79 Å². The lowest BCUT2D eigenvalue weighted by Crippen LogP contribution is -2.47. The normalized spacial score (nSPS) is 34.5. The maximum Gasteiger partial charge on any atom is 0.133 e. The third-order valence-corrected chi connectivity index (χ3v) is 3.45. The predicted molar refractivity (Wildman–Crippen MR) is 46.4 cm³/mol. The van der Waals surface area contributed by atoms with Crippen molar-refractivity contribution < 1.29 is 4.79 Å². The van der Waals surface area contributed by atoms with Crippen molar-refractivity contribution in [3.8, 4) is 0 Å². The number of hydrogen-bond acceptors (Lipinski definition) is 1. The van der Waals surface area contributed by atoms with Crippen LogP contribution in [0.25, 0.3) is 0 Å². The highest BCUT2D eigenvalue weighted by Gasteiger charge is 2.48. The van der Waals surface area contributed by atoms with E-state index in [0.29, 0.717) is 11.7 Å². The van der Waals surface area contributed by atoms with E-state index in [-0.39, 0.29) is 5.41 Å². The summed E-state index contributed by atoms with van der Waals surface area (Å²) in [5.74, 6) is 1.49. The fourth-order valence-electron chi connectivity index (χ4n) is 2.40. The molecule has 1 heteroatoms. The minimum atomic E-state index is 0.278. The fourth-order valence-corrected chi connectivity index (χ4v) is 2.40. The van der Waals surface area contributed by atoms with Crippen LogP contribution in [0.5, 0.6) is 0 Å². The van der Waals surface area contributed by atoms with E-state index in [1.807, 2.05) is 0 Å². The topological polar surface area (TPSA) is 17.1 Å². The van der Waals surface area contributed by atoms with Crippen molar-refractivity contribution in [3.63, 3.8) is 0 Å². The summed E-state index contributed by atoms with van der Waals surface area (Å²) in [6, 6.07) is 0. The highest BCUT2D eigenvalue weighted by atomic mass is 16.1. The first-order valence-electron chi connectivity index (χ1n) is 4.50. The first kappa shape index (κ1) is 8.76. The van der Waals surface area contributed by atoms with Gasteiger partial charge in [0.2, 0.25) is 0 Å². The summed E-state index contributed by atoms with van der Waals surface area (Å²) in [4.78, 5) is 11.1. The molecule has 0 unspecified atom stereocenters. The molecule has 0 aliphatic heterocycles. The lowest BCUT2D eigenvalue weighted by Gasteiger charge is -2.51. The number of Topliss-reactive ketones (excluding diaryl/α,β-unsaturated/α-hetero) is 1. The fraction of sp³-hybridized carbons (Fsp3) is 0.900. The van der Waals surface area contributed by atoms with E-state index in [1.165, 1.54) is 6.42 Å². The van der Waals surface area contributed by atoms with E-state index in [0.717, 1.165) is 12.3 Å². The van der Waals surface area contributed by atoms with Gasteiger partial charge in [0.15, 0.2) is 0 Å². The molecule has 0 aromatic rings. The van der Waals surface area contributed by atoms with Crippen LogP contribution in [-0.4, -0.2) is 5.78 Å². The average molecular weight is 154 g/mol. The van der Waals surface area contributed by atoms with Crippen LogP contribution in [0.1, 0.15) is 40.5 Å². The Hall–Kier alpha value is -0.330. The Morgan fingerprint density at radius 3 is 2.36 bits per heavy atom. The molecule has 1 saturated carbocycles. The number of carbonyl (C=O) groups excluding carboxylic acids is 1. The maximum atomic E-state index is 11.1. The van der Waals surface area contributed by atoms with Gasteiger partial charge in [-0.25, -0.2) is 0 Å². The van der Waals surface area contributed by atoms with Crippen LogP contribution < -0.4 is 0 Å². The number of hydrogen-bond donors (Lipinski definition) is 0. The molecule has 2 atom stereocenters. The van der Waals surface area contributed by atoms with Gasteiger partial charge in [-0.3, -0.25) is 4.79 Å². The summed E-state index contributed by atoms with van der Waals surface area (Å²) in [6.07, 6.45) is 2.34. The van der Waals surface area contributed by atoms with Crippen LogP contribution in [0, 0.1) is 17.3 Å². The van der Waals surface area contributed by atoms with Gasteiger partial charge in [0.25, 0.3) is 0 Å². The molecule has 0 heterocycles. The number of ketones is 1. The smallest absolute Gasteiger partial charge is 0.133 e. The van der Waals surface area contributed by atoms with E-state index >= 15 is 0 Å². The highest BCUT2D eigenvalue weighted by Crippen LogP contribution is 2.52. The molecule has 0 bridgehead atoms. The lowest BCUT2D eigenvalue weighted by atomic mass is 9.53. The second-order valence-electron chi connectivity index (χ2n) is 4.33. The third kappa shape index (κ3) is 1.21. The van der Waals surface area contributed by atoms with Crippen LogP contribution in [0.2, 0.25) is 0 Å². The summed E-state index contributed by atoms with van der Waals surface area (Å²) in [7, 11) is 0. The first-order valence-corrected chi connectivity index (χ1v) is 4.50. The molecular formula is C10H18O. The molecule has 1 aliphatic rings. The SMILES string of the molecule is CC[C@@H]1C[C@@H](C(C)=O)C1(C)C. The minimum absolute atomic E-state index is 0.278. The number of rotatable bonds is 2. The Bertz CT molecular complexity index is 170. The monoisotopic (exact) mass is 154 g/mol. The van der Waals surface area contributed by atoms with Crippen molar-refractivity contribution in [2.45, 2.75) is 40.5 Å². The van der Waals surface area contributed by atoms with E-state index < -0.39 is 0 Å². The molecule has 0 aromatic carbocycles. The summed E-state index contributed by atoms with van der Waals surface area (Å²) in [5, 5.41) is 0. The summed E-state index contributed by atoms with van der Waals surface area (Å²) < 4.78 is 0. The minimum Gasteiger partial charge on any atom is -0.300 e. The molecule has 0 aromatic heterocycles. The molecular weight excluding hydrogens is 136 g/mol. The predicted octanol–water partition coefficient (Wildman–Crippen LogP) is 2.65. The van der Waals surface area contributed by atoms with Crippen molar-refractivity contribution in [1.29, 1.82) is 0 Å². The van der Waals surface area contributed by atoms with Crippen LogP contribution in [0.15, 0.2) is 0 Å². The molecule has 64 valence electrons. The van der Waals surface area contributed by atoms with Gasteiger partial charge in [-0.15, -0.1) is 0 Å².